The van der Waals surface area contributed by atoms with Crippen molar-refractivity contribution in [1.82, 2.24) is 10.6 Å². The highest BCUT2D eigenvalue weighted by molar-refractivity contribution is 5.89. The van der Waals surface area contributed by atoms with E-state index >= 15 is 0 Å². The molecule has 0 saturated carbocycles. The van der Waals surface area contributed by atoms with E-state index in [1.54, 1.807) is 31.4 Å². The number of esters is 1. The lowest BCUT2D eigenvalue weighted by Gasteiger charge is -2.20. The number of benzene rings is 2. The molecular formula is C22H26N2O6. The van der Waals surface area contributed by atoms with E-state index in [1.165, 1.54) is 14.0 Å². The van der Waals surface area contributed by atoms with Crippen LogP contribution in [0.4, 0.5) is 4.79 Å². The Kier molecular flexibility index (Phi) is 8.68. The van der Waals surface area contributed by atoms with Crippen molar-refractivity contribution in [3.63, 3.8) is 0 Å². The van der Waals surface area contributed by atoms with Gasteiger partial charge in [0.2, 0.25) is 5.91 Å². The summed E-state index contributed by atoms with van der Waals surface area (Å²) < 4.78 is 15.0. The second-order valence-corrected chi connectivity index (χ2v) is 6.56. The van der Waals surface area contributed by atoms with Crippen molar-refractivity contribution in [2.24, 2.45) is 0 Å². The summed E-state index contributed by atoms with van der Waals surface area (Å²) in [4.78, 5) is 36.5. The van der Waals surface area contributed by atoms with Gasteiger partial charge in [-0.3, -0.25) is 4.79 Å². The summed E-state index contributed by atoms with van der Waals surface area (Å²) in [5.41, 5.74) is 1.64. The molecule has 0 heterocycles. The van der Waals surface area contributed by atoms with Crippen LogP contribution in [0.15, 0.2) is 54.6 Å². The van der Waals surface area contributed by atoms with Crippen LogP contribution in [-0.2, 0) is 32.1 Å². The van der Waals surface area contributed by atoms with Gasteiger partial charge in [-0.05, 0) is 30.2 Å². The van der Waals surface area contributed by atoms with Gasteiger partial charge in [-0.25, -0.2) is 9.59 Å². The van der Waals surface area contributed by atoms with Gasteiger partial charge in [0.05, 0.1) is 14.2 Å². The van der Waals surface area contributed by atoms with Crippen LogP contribution >= 0.6 is 0 Å². The third-order valence-electron chi connectivity index (χ3n) is 4.34. The Bertz CT molecular complexity index is 838. The average Bonchev–Trinajstić information content (AvgIpc) is 2.77. The Morgan fingerprint density at radius 3 is 2.17 bits per heavy atom. The molecule has 2 rings (SSSR count). The predicted molar refractivity (Wildman–Crippen MR) is 110 cm³/mol. The van der Waals surface area contributed by atoms with Crippen molar-refractivity contribution >= 4 is 18.0 Å². The standard InChI is InChI=1S/C22H26N2O6/c1-15(23-22(27)30-14-17-7-5-4-6-8-17)20(25)24-19(21(26)29-3)13-16-9-11-18(28-2)12-10-16/h4-12,15,19H,13-14H2,1-3H3,(H,23,27)(H,24,25)/t15-,19+/m1/s1. The second-order valence-electron chi connectivity index (χ2n) is 6.56. The summed E-state index contributed by atoms with van der Waals surface area (Å²) in [6.45, 7) is 1.59. The molecule has 0 saturated heterocycles. The van der Waals surface area contributed by atoms with Crippen LogP contribution in [0.25, 0.3) is 0 Å². The molecule has 2 atom stereocenters. The minimum absolute atomic E-state index is 0.0866. The Balaban J connectivity index is 1.89. The van der Waals surface area contributed by atoms with Crippen LogP contribution in [0.5, 0.6) is 5.75 Å². The topological polar surface area (TPSA) is 103 Å². The first-order valence-corrected chi connectivity index (χ1v) is 9.41. The number of rotatable bonds is 9. The lowest BCUT2D eigenvalue weighted by Crippen LogP contribution is -2.51. The Labute approximate surface area is 175 Å². The van der Waals surface area contributed by atoms with Gasteiger partial charge >= 0.3 is 12.1 Å². The predicted octanol–water partition coefficient (Wildman–Crippen LogP) is 2.21. The quantitative estimate of drug-likeness (QED) is 0.610. The number of carbonyl (C=O) groups is 3. The minimum atomic E-state index is -0.906. The average molecular weight is 414 g/mol. The number of methoxy groups -OCH3 is 2. The largest absolute Gasteiger partial charge is 0.497 e. The molecule has 160 valence electrons. The number of carbonyl (C=O) groups excluding carboxylic acids is 3. The molecule has 0 fully saturated rings. The highest BCUT2D eigenvalue weighted by Gasteiger charge is 2.25. The van der Waals surface area contributed by atoms with Gasteiger partial charge in [0, 0.05) is 6.42 Å². The van der Waals surface area contributed by atoms with Crippen molar-refractivity contribution in [2.45, 2.75) is 32.0 Å². The van der Waals surface area contributed by atoms with Gasteiger partial charge in [0.25, 0.3) is 0 Å². The van der Waals surface area contributed by atoms with Gasteiger partial charge in [0.1, 0.15) is 24.4 Å². The zero-order valence-electron chi connectivity index (χ0n) is 17.2. The molecule has 2 aromatic carbocycles. The highest BCUT2D eigenvalue weighted by Crippen LogP contribution is 2.13. The van der Waals surface area contributed by atoms with E-state index in [9.17, 15) is 14.4 Å². The first-order chi connectivity index (χ1) is 14.4. The van der Waals surface area contributed by atoms with Crippen LogP contribution in [-0.4, -0.2) is 44.3 Å². The minimum Gasteiger partial charge on any atom is -0.497 e. The van der Waals surface area contributed by atoms with Crippen LogP contribution in [0.1, 0.15) is 18.1 Å². The maximum atomic E-state index is 12.5. The smallest absolute Gasteiger partial charge is 0.408 e. The van der Waals surface area contributed by atoms with Crippen molar-refractivity contribution in [3.8, 4) is 5.75 Å². The third-order valence-corrected chi connectivity index (χ3v) is 4.34. The number of amides is 2. The molecule has 0 aromatic heterocycles. The molecule has 2 amide bonds. The number of ether oxygens (including phenoxy) is 3. The van der Waals surface area contributed by atoms with Crippen LogP contribution < -0.4 is 15.4 Å². The monoisotopic (exact) mass is 414 g/mol. The normalized spacial score (nSPS) is 12.2. The van der Waals surface area contributed by atoms with Gasteiger partial charge in [-0.2, -0.15) is 0 Å². The van der Waals surface area contributed by atoms with Gasteiger partial charge < -0.3 is 24.8 Å². The Hall–Kier alpha value is -3.55. The summed E-state index contributed by atoms with van der Waals surface area (Å²) in [6, 6.07) is 14.5. The fourth-order valence-corrected chi connectivity index (χ4v) is 2.64. The number of alkyl carbamates (subject to hydrolysis) is 1. The maximum absolute atomic E-state index is 12.5. The third kappa shape index (κ3) is 7.12. The number of hydrogen-bond acceptors (Lipinski definition) is 6. The first-order valence-electron chi connectivity index (χ1n) is 9.41. The summed E-state index contributed by atoms with van der Waals surface area (Å²) in [5, 5.41) is 5.06. The molecule has 2 N–H and O–H groups in total. The zero-order valence-corrected chi connectivity index (χ0v) is 17.2. The van der Waals surface area contributed by atoms with Crippen molar-refractivity contribution in [3.05, 3.63) is 65.7 Å². The van der Waals surface area contributed by atoms with E-state index in [0.717, 1.165) is 11.1 Å². The van der Waals surface area contributed by atoms with E-state index < -0.39 is 30.1 Å². The molecular weight excluding hydrogens is 388 g/mol. The van der Waals surface area contributed by atoms with Crippen LogP contribution in [0.2, 0.25) is 0 Å². The van der Waals surface area contributed by atoms with Gasteiger partial charge in [-0.15, -0.1) is 0 Å². The van der Waals surface area contributed by atoms with Crippen LogP contribution in [0.3, 0.4) is 0 Å². The summed E-state index contributed by atoms with van der Waals surface area (Å²) in [6.07, 6.45) is -0.501. The van der Waals surface area contributed by atoms with Crippen molar-refractivity contribution in [2.75, 3.05) is 14.2 Å². The summed E-state index contributed by atoms with van der Waals surface area (Å²) in [7, 11) is 2.81. The van der Waals surface area contributed by atoms with E-state index in [4.69, 9.17) is 14.2 Å². The summed E-state index contributed by atoms with van der Waals surface area (Å²) in [5.74, 6) is -0.433. The zero-order chi connectivity index (χ0) is 21.9. The highest BCUT2D eigenvalue weighted by atomic mass is 16.5. The SMILES string of the molecule is COC(=O)[C@H](Cc1ccc(OC)cc1)NC(=O)[C@@H](C)NC(=O)OCc1ccccc1. The maximum Gasteiger partial charge on any atom is 0.408 e. The molecule has 0 spiro atoms. The van der Waals surface area contributed by atoms with E-state index in [1.807, 2.05) is 30.3 Å². The lowest BCUT2D eigenvalue weighted by molar-refractivity contribution is -0.145. The molecule has 2 aromatic rings. The molecule has 30 heavy (non-hydrogen) atoms. The molecule has 0 bridgehead atoms. The van der Waals surface area contributed by atoms with Gasteiger partial charge in [0.15, 0.2) is 0 Å². The lowest BCUT2D eigenvalue weighted by atomic mass is 10.1. The van der Waals surface area contributed by atoms with Crippen LogP contribution in [0, 0.1) is 0 Å². The first kappa shape index (κ1) is 22.7. The van der Waals surface area contributed by atoms with E-state index in [2.05, 4.69) is 10.6 Å². The second kappa shape index (κ2) is 11.5. The number of nitrogens with one attached hydrogen (secondary N) is 2. The van der Waals surface area contributed by atoms with Crippen molar-refractivity contribution in [1.29, 1.82) is 0 Å². The number of hydrogen-bond donors (Lipinski definition) is 2. The molecule has 8 nitrogen and oxygen atoms in total. The molecule has 0 aliphatic rings. The Morgan fingerprint density at radius 1 is 0.900 bits per heavy atom. The van der Waals surface area contributed by atoms with Crippen molar-refractivity contribution < 1.29 is 28.6 Å². The molecule has 0 aliphatic carbocycles. The molecule has 0 aliphatic heterocycles. The summed E-state index contributed by atoms with van der Waals surface area (Å²) >= 11 is 0. The fourth-order valence-electron chi connectivity index (χ4n) is 2.64. The van der Waals surface area contributed by atoms with E-state index in [0.29, 0.717) is 5.75 Å². The fraction of sp³-hybridized carbons (Fsp3) is 0.318. The molecule has 0 radical (unpaired) electrons. The molecule has 0 unspecified atom stereocenters. The van der Waals surface area contributed by atoms with E-state index in [-0.39, 0.29) is 13.0 Å². The molecule has 8 heteroatoms. The van der Waals surface area contributed by atoms with Gasteiger partial charge in [-0.1, -0.05) is 42.5 Å². The Morgan fingerprint density at radius 2 is 1.57 bits per heavy atom.